The van der Waals surface area contributed by atoms with Gasteiger partial charge in [0.05, 0.1) is 0 Å². The minimum absolute atomic E-state index is 0.515. The van der Waals surface area contributed by atoms with Crippen LogP contribution in [0.5, 0.6) is 0 Å². The number of benzene rings is 1. The Kier molecular flexibility index (Phi) is 6.20. The molecule has 2 nitrogen and oxygen atoms in total. The first-order valence-electron chi connectivity index (χ1n) is 5.41. The average Bonchev–Trinajstić information content (AvgIpc) is 2.25. The van der Waals surface area contributed by atoms with Crippen molar-refractivity contribution in [2.24, 2.45) is 0 Å². The van der Waals surface area contributed by atoms with E-state index >= 15 is 0 Å². The van der Waals surface area contributed by atoms with Crippen LogP contribution in [0.4, 0.5) is 0 Å². The van der Waals surface area contributed by atoms with Gasteiger partial charge >= 0.3 is 0 Å². The number of nitrogens with one attached hydrogen (secondary N) is 2. The van der Waals surface area contributed by atoms with Gasteiger partial charge in [0.25, 0.3) is 0 Å². The molecule has 1 aromatic carbocycles. The van der Waals surface area contributed by atoms with Crippen LogP contribution in [0.2, 0.25) is 0 Å². The summed E-state index contributed by atoms with van der Waals surface area (Å²) in [6.07, 6.45) is 0. The van der Waals surface area contributed by atoms with E-state index in [2.05, 4.69) is 71.3 Å². The van der Waals surface area contributed by atoms with E-state index in [9.17, 15) is 0 Å². The Bertz CT molecular complexity index is 289. The molecule has 0 saturated carbocycles. The number of hydrogen-bond acceptors (Lipinski definition) is 2. The Morgan fingerprint density at radius 3 is 2.73 bits per heavy atom. The molecular formula is C12H19IN2. The first-order valence-corrected chi connectivity index (χ1v) is 6.49. The van der Waals surface area contributed by atoms with E-state index in [4.69, 9.17) is 0 Å². The van der Waals surface area contributed by atoms with Crippen LogP contribution in [0.1, 0.15) is 19.4 Å². The highest BCUT2D eigenvalue weighted by molar-refractivity contribution is 14.1. The van der Waals surface area contributed by atoms with Gasteiger partial charge in [-0.05, 0) is 47.7 Å². The number of rotatable bonds is 6. The normalized spacial score (nSPS) is 12.7. The van der Waals surface area contributed by atoms with Gasteiger partial charge in [0.2, 0.25) is 0 Å². The van der Waals surface area contributed by atoms with E-state index in [1.807, 2.05) is 0 Å². The molecule has 2 N–H and O–H groups in total. The van der Waals surface area contributed by atoms with Crippen molar-refractivity contribution in [2.75, 3.05) is 13.1 Å². The van der Waals surface area contributed by atoms with Gasteiger partial charge in [-0.15, -0.1) is 0 Å². The largest absolute Gasteiger partial charge is 0.315 e. The average molecular weight is 318 g/mol. The second-order valence-corrected chi connectivity index (χ2v) is 4.84. The lowest BCUT2D eigenvalue weighted by atomic mass is 10.2. The molecule has 1 atom stereocenters. The Morgan fingerprint density at radius 2 is 2.07 bits per heavy atom. The summed E-state index contributed by atoms with van der Waals surface area (Å²) < 4.78 is 1.33. The van der Waals surface area contributed by atoms with Gasteiger partial charge in [0.15, 0.2) is 0 Å². The van der Waals surface area contributed by atoms with Crippen molar-refractivity contribution in [2.45, 2.75) is 26.4 Å². The summed E-state index contributed by atoms with van der Waals surface area (Å²) in [7, 11) is 0. The molecule has 0 aliphatic heterocycles. The molecule has 0 spiro atoms. The first kappa shape index (κ1) is 12.9. The van der Waals surface area contributed by atoms with Gasteiger partial charge in [-0.25, -0.2) is 0 Å². The molecule has 0 aliphatic carbocycles. The fraction of sp³-hybridized carbons (Fsp3) is 0.500. The molecule has 0 amide bonds. The van der Waals surface area contributed by atoms with E-state index in [1.54, 1.807) is 0 Å². The lowest BCUT2D eigenvalue weighted by Gasteiger charge is -2.14. The summed E-state index contributed by atoms with van der Waals surface area (Å²) in [6, 6.07) is 9.00. The molecule has 3 heteroatoms. The Hall–Kier alpha value is -0.130. The second-order valence-electron chi connectivity index (χ2n) is 3.68. The molecule has 1 unspecified atom stereocenters. The number of halogens is 1. The summed E-state index contributed by atoms with van der Waals surface area (Å²) in [6.45, 7) is 7.35. The van der Waals surface area contributed by atoms with Crippen LogP contribution in [-0.2, 0) is 6.54 Å². The maximum atomic E-state index is 3.51. The number of likely N-dealkylation sites (N-methyl/N-ethyl adjacent to an activating group) is 1. The standard InChI is InChI=1S/C12H19IN2/c1-3-14-8-10(2)15-9-11-6-4-5-7-12(11)13/h4-7,10,14-15H,3,8-9H2,1-2H3. The van der Waals surface area contributed by atoms with Gasteiger partial charge in [0.1, 0.15) is 0 Å². The molecule has 0 heterocycles. The summed E-state index contributed by atoms with van der Waals surface area (Å²) in [5.41, 5.74) is 1.38. The van der Waals surface area contributed by atoms with Crippen LogP contribution in [0, 0.1) is 3.57 Å². The third-order valence-corrected chi connectivity index (χ3v) is 3.35. The Labute approximate surface area is 106 Å². The zero-order valence-electron chi connectivity index (χ0n) is 9.39. The predicted molar refractivity (Wildman–Crippen MR) is 74.0 cm³/mol. The molecule has 15 heavy (non-hydrogen) atoms. The fourth-order valence-corrected chi connectivity index (χ4v) is 1.94. The molecular weight excluding hydrogens is 299 g/mol. The van der Waals surface area contributed by atoms with E-state index < -0.39 is 0 Å². The van der Waals surface area contributed by atoms with E-state index in [0.717, 1.165) is 19.6 Å². The van der Waals surface area contributed by atoms with Crippen molar-refractivity contribution >= 4 is 22.6 Å². The molecule has 0 bridgehead atoms. The predicted octanol–water partition coefficient (Wildman–Crippen LogP) is 2.38. The Morgan fingerprint density at radius 1 is 1.33 bits per heavy atom. The summed E-state index contributed by atoms with van der Waals surface area (Å²) in [4.78, 5) is 0. The zero-order chi connectivity index (χ0) is 11.1. The molecule has 1 aromatic rings. The lowest BCUT2D eigenvalue weighted by molar-refractivity contribution is 0.508. The number of hydrogen-bond donors (Lipinski definition) is 2. The third kappa shape index (κ3) is 4.95. The second kappa shape index (κ2) is 7.19. The SMILES string of the molecule is CCNCC(C)NCc1ccccc1I. The topological polar surface area (TPSA) is 24.1 Å². The fourth-order valence-electron chi connectivity index (χ4n) is 1.36. The van der Waals surface area contributed by atoms with Crippen molar-refractivity contribution in [1.82, 2.24) is 10.6 Å². The van der Waals surface area contributed by atoms with Crippen molar-refractivity contribution in [3.05, 3.63) is 33.4 Å². The Balaban J connectivity index is 2.33. The van der Waals surface area contributed by atoms with E-state index in [0.29, 0.717) is 6.04 Å². The highest BCUT2D eigenvalue weighted by Gasteiger charge is 2.02. The molecule has 1 rings (SSSR count). The highest BCUT2D eigenvalue weighted by Crippen LogP contribution is 2.10. The smallest absolute Gasteiger partial charge is 0.0219 e. The lowest BCUT2D eigenvalue weighted by Crippen LogP contribution is -2.35. The zero-order valence-corrected chi connectivity index (χ0v) is 11.5. The minimum atomic E-state index is 0.515. The van der Waals surface area contributed by atoms with Crippen molar-refractivity contribution in [3.63, 3.8) is 0 Å². The van der Waals surface area contributed by atoms with E-state index in [-0.39, 0.29) is 0 Å². The molecule has 84 valence electrons. The maximum Gasteiger partial charge on any atom is 0.0219 e. The minimum Gasteiger partial charge on any atom is -0.315 e. The molecule has 0 aliphatic rings. The maximum absolute atomic E-state index is 3.51. The van der Waals surface area contributed by atoms with Gasteiger partial charge in [-0.3, -0.25) is 0 Å². The quantitative estimate of drug-likeness (QED) is 0.787. The molecule has 0 saturated heterocycles. The van der Waals surface area contributed by atoms with Crippen LogP contribution >= 0.6 is 22.6 Å². The van der Waals surface area contributed by atoms with E-state index in [1.165, 1.54) is 9.13 Å². The third-order valence-electron chi connectivity index (χ3n) is 2.30. The van der Waals surface area contributed by atoms with Crippen molar-refractivity contribution in [1.29, 1.82) is 0 Å². The van der Waals surface area contributed by atoms with Gasteiger partial charge in [-0.2, -0.15) is 0 Å². The monoisotopic (exact) mass is 318 g/mol. The first-order chi connectivity index (χ1) is 7.24. The van der Waals surface area contributed by atoms with Crippen molar-refractivity contribution < 1.29 is 0 Å². The van der Waals surface area contributed by atoms with Crippen LogP contribution in [-0.4, -0.2) is 19.1 Å². The molecule has 0 fully saturated rings. The highest BCUT2D eigenvalue weighted by atomic mass is 127. The summed E-state index contributed by atoms with van der Waals surface area (Å²) in [5.74, 6) is 0. The summed E-state index contributed by atoms with van der Waals surface area (Å²) in [5, 5.41) is 6.84. The van der Waals surface area contributed by atoms with Crippen LogP contribution in [0.15, 0.2) is 24.3 Å². The van der Waals surface area contributed by atoms with Crippen LogP contribution < -0.4 is 10.6 Å². The van der Waals surface area contributed by atoms with Crippen LogP contribution in [0.3, 0.4) is 0 Å². The van der Waals surface area contributed by atoms with Crippen LogP contribution in [0.25, 0.3) is 0 Å². The van der Waals surface area contributed by atoms with Gasteiger partial charge < -0.3 is 10.6 Å². The van der Waals surface area contributed by atoms with Gasteiger partial charge in [-0.1, -0.05) is 25.1 Å². The van der Waals surface area contributed by atoms with Gasteiger partial charge in [0, 0.05) is 22.7 Å². The summed E-state index contributed by atoms with van der Waals surface area (Å²) >= 11 is 2.38. The molecule has 0 radical (unpaired) electrons. The molecule has 0 aromatic heterocycles. The van der Waals surface area contributed by atoms with Crippen molar-refractivity contribution in [3.8, 4) is 0 Å².